The van der Waals surface area contributed by atoms with Crippen LogP contribution in [0.25, 0.3) is 0 Å². The first kappa shape index (κ1) is 23.4. The fourth-order valence-corrected chi connectivity index (χ4v) is 4.65. The second-order valence-electron chi connectivity index (χ2n) is 8.74. The van der Waals surface area contributed by atoms with Gasteiger partial charge in [0.1, 0.15) is 0 Å². The molecule has 2 aliphatic heterocycles. The molecule has 0 aromatic carbocycles. The number of guanidine groups is 1. The molecule has 1 aromatic rings. The van der Waals surface area contributed by atoms with Crippen molar-refractivity contribution in [2.75, 3.05) is 39.8 Å². The maximum Gasteiger partial charge on any atom is 0.193 e. The predicted octanol–water partition coefficient (Wildman–Crippen LogP) is 3.47. The van der Waals surface area contributed by atoms with Gasteiger partial charge in [-0.3, -0.25) is 9.89 Å². The predicted molar refractivity (Wildman–Crippen MR) is 127 cm³/mol. The maximum atomic E-state index is 4.62. The molecule has 0 spiro atoms. The zero-order valence-corrected chi connectivity index (χ0v) is 20.4. The van der Waals surface area contributed by atoms with Gasteiger partial charge in [-0.25, -0.2) is 4.98 Å². The van der Waals surface area contributed by atoms with Crippen LogP contribution in [0.2, 0.25) is 0 Å². The molecule has 3 rings (SSSR count). The van der Waals surface area contributed by atoms with Gasteiger partial charge in [0.25, 0.3) is 0 Å². The monoisotopic (exact) mass is 502 g/mol. The summed E-state index contributed by atoms with van der Waals surface area (Å²) in [7, 11) is 1.92. The Labute approximate surface area is 188 Å². The molecule has 0 saturated carbocycles. The summed E-state index contributed by atoms with van der Waals surface area (Å²) in [4.78, 5) is 14.0. The summed E-state index contributed by atoms with van der Waals surface area (Å²) in [5, 5.41) is 3.71. The van der Waals surface area contributed by atoms with Crippen LogP contribution in [0.4, 0.5) is 0 Å². The highest BCUT2D eigenvalue weighted by Crippen LogP contribution is 2.27. The summed E-state index contributed by atoms with van der Waals surface area (Å²) >= 11 is 0. The minimum Gasteiger partial charge on any atom is -0.355 e. The van der Waals surface area contributed by atoms with Crippen molar-refractivity contribution < 1.29 is 0 Å². The second-order valence-corrected chi connectivity index (χ2v) is 8.74. The average Bonchev–Trinajstić information content (AvgIpc) is 3.36. The lowest BCUT2D eigenvalue weighted by Crippen LogP contribution is -2.52. The van der Waals surface area contributed by atoms with Gasteiger partial charge in [-0.15, -0.1) is 24.0 Å². The van der Waals surface area contributed by atoms with Crippen molar-refractivity contribution in [1.82, 2.24) is 24.7 Å². The fraction of sp³-hybridized carbons (Fsp3) is 0.810. The van der Waals surface area contributed by atoms with E-state index in [1.807, 2.05) is 19.6 Å². The lowest BCUT2D eigenvalue weighted by Gasteiger charge is -2.40. The molecular formula is C21H39IN6. The summed E-state index contributed by atoms with van der Waals surface area (Å²) in [6.45, 7) is 12.6. The largest absolute Gasteiger partial charge is 0.355 e. The highest BCUT2D eigenvalue weighted by Gasteiger charge is 2.29. The normalized spacial score (nSPS) is 25.0. The number of hydrogen-bond donors (Lipinski definition) is 1. The number of imidazole rings is 1. The van der Waals surface area contributed by atoms with Gasteiger partial charge < -0.3 is 14.8 Å². The van der Waals surface area contributed by atoms with E-state index in [1.54, 1.807) is 0 Å². The molecule has 0 bridgehead atoms. The Balaban J connectivity index is 0.00000280. The summed E-state index contributed by atoms with van der Waals surface area (Å²) in [6.07, 6.45) is 11.1. The third kappa shape index (κ3) is 6.08. The number of aromatic nitrogens is 2. The van der Waals surface area contributed by atoms with Crippen LogP contribution in [-0.2, 0) is 0 Å². The first-order valence-electron chi connectivity index (χ1n) is 10.8. The van der Waals surface area contributed by atoms with E-state index in [9.17, 15) is 0 Å². The van der Waals surface area contributed by atoms with Crippen LogP contribution < -0.4 is 5.32 Å². The highest BCUT2D eigenvalue weighted by molar-refractivity contribution is 14.0. The van der Waals surface area contributed by atoms with Gasteiger partial charge in [0.2, 0.25) is 0 Å². The molecule has 2 aliphatic rings. The van der Waals surface area contributed by atoms with E-state index in [1.165, 1.54) is 38.8 Å². The molecule has 0 radical (unpaired) electrons. The third-order valence-electron chi connectivity index (χ3n) is 6.23. The Morgan fingerprint density at radius 2 is 2.00 bits per heavy atom. The number of halogens is 1. The quantitative estimate of drug-likeness (QED) is 0.368. The van der Waals surface area contributed by atoms with Crippen molar-refractivity contribution in [3.8, 4) is 0 Å². The van der Waals surface area contributed by atoms with Gasteiger partial charge in [0.05, 0.1) is 12.4 Å². The molecule has 3 unspecified atom stereocenters. The number of rotatable bonds is 6. The van der Waals surface area contributed by atoms with Crippen LogP contribution in [0.15, 0.2) is 23.7 Å². The van der Waals surface area contributed by atoms with E-state index in [-0.39, 0.29) is 24.0 Å². The number of nitrogens with one attached hydrogen (secondary N) is 1. The second kappa shape index (κ2) is 11.4. The van der Waals surface area contributed by atoms with Crippen LogP contribution >= 0.6 is 24.0 Å². The van der Waals surface area contributed by atoms with Crippen LogP contribution in [0.1, 0.15) is 52.5 Å². The molecule has 1 aromatic heterocycles. The van der Waals surface area contributed by atoms with Crippen molar-refractivity contribution in [3.05, 3.63) is 18.7 Å². The first-order chi connectivity index (χ1) is 13.1. The minimum absolute atomic E-state index is 0. The standard InChI is InChI=1S/C21H38N6.HI/c1-17(2)13-19(25-9-5-6-10-25)14-24-21(22-4)26-11-7-18(3)20(15-26)27-12-8-23-16-27;/h8,12,16-20H,5-7,9-11,13-15H2,1-4H3,(H,22,24);1H. The van der Waals surface area contributed by atoms with E-state index in [2.05, 4.69) is 56.6 Å². The van der Waals surface area contributed by atoms with Crippen molar-refractivity contribution in [2.24, 2.45) is 16.8 Å². The van der Waals surface area contributed by atoms with Crippen LogP contribution in [0.5, 0.6) is 0 Å². The molecule has 7 heteroatoms. The summed E-state index contributed by atoms with van der Waals surface area (Å²) in [5.41, 5.74) is 0. The molecule has 3 heterocycles. The van der Waals surface area contributed by atoms with Crippen molar-refractivity contribution in [2.45, 2.75) is 58.5 Å². The van der Waals surface area contributed by atoms with E-state index < -0.39 is 0 Å². The Kier molecular flexibility index (Phi) is 9.53. The minimum atomic E-state index is 0. The molecule has 0 amide bonds. The van der Waals surface area contributed by atoms with Crippen molar-refractivity contribution >= 4 is 29.9 Å². The van der Waals surface area contributed by atoms with Gasteiger partial charge in [0, 0.05) is 45.1 Å². The molecule has 3 atom stereocenters. The van der Waals surface area contributed by atoms with Gasteiger partial charge in [-0.1, -0.05) is 20.8 Å². The molecule has 2 fully saturated rings. The zero-order valence-electron chi connectivity index (χ0n) is 18.0. The number of nitrogens with zero attached hydrogens (tertiary/aromatic N) is 5. The van der Waals surface area contributed by atoms with E-state index >= 15 is 0 Å². The molecule has 28 heavy (non-hydrogen) atoms. The van der Waals surface area contributed by atoms with E-state index in [4.69, 9.17) is 0 Å². The fourth-order valence-electron chi connectivity index (χ4n) is 4.65. The van der Waals surface area contributed by atoms with E-state index in [0.717, 1.165) is 31.5 Å². The molecule has 0 aliphatic carbocycles. The Morgan fingerprint density at radius 3 is 2.61 bits per heavy atom. The molecule has 6 nitrogen and oxygen atoms in total. The van der Waals surface area contributed by atoms with E-state index in [0.29, 0.717) is 18.0 Å². The Morgan fingerprint density at radius 1 is 1.25 bits per heavy atom. The molecular weight excluding hydrogens is 463 g/mol. The molecule has 2 saturated heterocycles. The summed E-state index contributed by atoms with van der Waals surface area (Å²) in [6, 6.07) is 1.07. The first-order valence-corrected chi connectivity index (χ1v) is 10.8. The average molecular weight is 502 g/mol. The van der Waals surface area contributed by atoms with Crippen LogP contribution in [-0.4, -0.2) is 71.1 Å². The lowest BCUT2D eigenvalue weighted by molar-refractivity contribution is 0.183. The molecule has 160 valence electrons. The highest BCUT2D eigenvalue weighted by atomic mass is 127. The topological polar surface area (TPSA) is 48.7 Å². The van der Waals surface area contributed by atoms with Crippen molar-refractivity contribution in [1.29, 1.82) is 0 Å². The number of aliphatic imine (C=N–C) groups is 1. The zero-order chi connectivity index (χ0) is 19.2. The third-order valence-corrected chi connectivity index (χ3v) is 6.23. The van der Waals surface area contributed by atoms with Crippen LogP contribution in [0.3, 0.4) is 0 Å². The van der Waals surface area contributed by atoms with Gasteiger partial charge in [-0.05, 0) is 50.6 Å². The van der Waals surface area contributed by atoms with Gasteiger partial charge in [0.15, 0.2) is 5.96 Å². The van der Waals surface area contributed by atoms with Gasteiger partial charge in [-0.2, -0.15) is 0 Å². The number of piperidine rings is 1. The number of hydrogen-bond acceptors (Lipinski definition) is 3. The summed E-state index contributed by atoms with van der Waals surface area (Å²) < 4.78 is 2.26. The van der Waals surface area contributed by atoms with Gasteiger partial charge >= 0.3 is 0 Å². The van der Waals surface area contributed by atoms with Crippen LogP contribution in [0, 0.1) is 11.8 Å². The Hall–Kier alpha value is -0.830. The smallest absolute Gasteiger partial charge is 0.193 e. The van der Waals surface area contributed by atoms with Crippen molar-refractivity contribution in [3.63, 3.8) is 0 Å². The maximum absolute atomic E-state index is 4.62. The summed E-state index contributed by atoms with van der Waals surface area (Å²) in [5.74, 6) is 2.44. The Bertz CT molecular complexity index is 582. The lowest BCUT2D eigenvalue weighted by atomic mass is 9.93. The SMILES string of the molecule is CN=C(NCC(CC(C)C)N1CCCC1)N1CCC(C)C(n2ccnc2)C1.I. The molecule has 1 N–H and O–H groups in total. The number of likely N-dealkylation sites (tertiary alicyclic amines) is 2.